The van der Waals surface area contributed by atoms with Gasteiger partial charge in [0.15, 0.2) is 6.33 Å². The zero-order chi connectivity index (χ0) is 13.0. The minimum atomic E-state index is -0.403. The van der Waals surface area contributed by atoms with Crippen molar-refractivity contribution >= 4 is 11.6 Å². The standard InChI is InChI=1S/C12H13ClFN3O/c1-8(9-2-3-10(13)11(14)6-9)15-5-4-12-16-7-17-18-12/h2-3,6-8,15H,4-5H2,1H3. The Bertz CT molecular complexity index is 504. The molecule has 0 amide bonds. The number of nitrogens with zero attached hydrogens (tertiary/aromatic N) is 2. The molecule has 1 aromatic carbocycles. The quantitative estimate of drug-likeness (QED) is 0.907. The average Bonchev–Trinajstić information content (AvgIpc) is 2.85. The number of benzene rings is 1. The van der Waals surface area contributed by atoms with Gasteiger partial charge in [-0.15, -0.1) is 0 Å². The van der Waals surface area contributed by atoms with Crippen molar-refractivity contribution in [1.82, 2.24) is 15.5 Å². The Morgan fingerprint density at radius 1 is 1.50 bits per heavy atom. The topological polar surface area (TPSA) is 51.0 Å². The minimum Gasteiger partial charge on any atom is -0.340 e. The summed E-state index contributed by atoms with van der Waals surface area (Å²) in [6.45, 7) is 2.63. The molecule has 2 aromatic rings. The molecular formula is C12H13ClFN3O. The van der Waals surface area contributed by atoms with Crippen molar-refractivity contribution in [2.24, 2.45) is 0 Å². The maximum Gasteiger partial charge on any atom is 0.227 e. The van der Waals surface area contributed by atoms with Gasteiger partial charge < -0.3 is 9.84 Å². The van der Waals surface area contributed by atoms with Crippen LogP contribution >= 0.6 is 11.6 Å². The fourth-order valence-corrected chi connectivity index (χ4v) is 1.72. The van der Waals surface area contributed by atoms with Gasteiger partial charge in [0.1, 0.15) is 5.82 Å². The molecule has 1 aromatic heterocycles. The first kappa shape index (κ1) is 13.0. The predicted molar refractivity (Wildman–Crippen MR) is 65.8 cm³/mol. The summed E-state index contributed by atoms with van der Waals surface area (Å²) in [5.41, 5.74) is 0.849. The van der Waals surface area contributed by atoms with Crippen LogP contribution in [0.5, 0.6) is 0 Å². The molecule has 0 saturated heterocycles. The molecule has 0 aliphatic heterocycles. The normalized spacial score (nSPS) is 12.6. The third kappa shape index (κ3) is 3.27. The van der Waals surface area contributed by atoms with Gasteiger partial charge in [0.05, 0.1) is 5.02 Å². The molecule has 0 saturated carbocycles. The Morgan fingerprint density at radius 3 is 3.00 bits per heavy atom. The van der Waals surface area contributed by atoms with Crippen molar-refractivity contribution in [3.8, 4) is 0 Å². The van der Waals surface area contributed by atoms with Crippen LogP contribution in [0.4, 0.5) is 4.39 Å². The molecule has 18 heavy (non-hydrogen) atoms. The first-order valence-corrected chi connectivity index (χ1v) is 5.98. The summed E-state index contributed by atoms with van der Waals surface area (Å²) in [7, 11) is 0. The van der Waals surface area contributed by atoms with Gasteiger partial charge in [-0.3, -0.25) is 0 Å². The van der Waals surface area contributed by atoms with E-state index in [-0.39, 0.29) is 11.1 Å². The van der Waals surface area contributed by atoms with Gasteiger partial charge >= 0.3 is 0 Å². The number of rotatable bonds is 5. The molecule has 1 N–H and O–H groups in total. The lowest BCUT2D eigenvalue weighted by atomic mass is 10.1. The second kappa shape index (κ2) is 5.93. The summed E-state index contributed by atoms with van der Waals surface area (Å²) in [5.74, 6) is 0.178. The third-order valence-electron chi connectivity index (χ3n) is 2.64. The van der Waals surface area contributed by atoms with Crippen molar-refractivity contribution in [2.75, 3.05) is 6.54 Å². The maximum absolute atomic E-state index is 13.3. The molecule has 0 spiro atoms. The maximum atomic E-state index is 13.3. The van der Waals surface area contributed by atoms with E-state index in [1.807, 2.05) is 6.92 Å². The second-order valence-corrected chi connectivity index (χ2v) is 4.34. The van der Waals surface area contributed by atoms with Gasteiger partial charge in [-0.25, -0.2) is 4.39 Å². The molecule has 0 radical (unpaired) electrons. The van der Waals surface area contributed by atoms with Crippen LogP contribution in [0, 0.1) is 5.82 Å². The van der Waals surface area contributed by atoms with E-state index in [0.717, 1.165) is 5.56 Å². The number of hydrogen-bond donors (Lipinski definition) is 1. The van der Waals surface area contributed by atoms with E-state index in [0.29, 0.717) is 18.9 Å². The molecule has 0 aliphatic carbocycles. The van der Waals surface area contributed by atoms with Gasteiger partial charge in [0.25, 0.3) is 0 Å². The van der Waals surface area contributed by atoms with Crippen LogP contribution in [-0.4, -0.2) is 16.7 Å². The Balaban J connectivity index is 1.87. The van der Waals surface area contributed by atoms with Crippen molar-refractivity contribution < 1.29 is 8.91 Å². The Hall–Kier alpha value is -1.46. The Morgan fingerprint density at radius 2 is 2.33 bits per heavy atom. The van der Waals surface area contributed by atoms with E-state index in [2.05, 4.69) is 15.5 Å². The summed E-state index contributed by atoms with van der Waals surface area (Å²) in [4.78, 5) is 3.92. The van der Waals surface area contributed by atoms with Crippen molar-refractivity contribution in [2.45, 2.75) is 19.4 Å². The molecule has 0 aliphatic rings. The zero-order valence-electron chi connectivity index (χ0n) is 9.86. The molecule has 0 fully saturated rings. The van der Waals surface area contributed by atoms with Crippen LogP contribution in [0.3, 0.4) is 0 Å². The molecule has 1 heterocycles. The minimum absolute atomic E-state index is 0.0275. The van der Waals surface area contributed by atoms with Gasteiger partial charge in [0, 0.05) is 19.0 Å². The summed E-state index contributed by atoms with van der Waals surface area (Å²) >= 11 is 5.63. The molecule has 2 rings (SSSR count). The van der Waals surface area contributed by atoms with Gasteiger partial charge in [-0.1, -0.05) is 22.8 Å². The lowest BCUT2D eigenvalue weighted by Gasteiger charge is -2.13. The Kier molecular flexibility index (Phi) is 4.28. The first-order chi connectivity index (χ1) is 8.66. The lowest BCUT2D eigenvalue weighted by molar-refractivity contribution is 0.372. The molecule has 1 unspecified atom stereocenters. The van der Waals surface area contributed by atoms with Crippen LogP contribution < -0.4 is 5.32 Å². The number of halogens is 2. The summed E-state index contributed by atoms with van der Waals surface area (Å²) in [6, 6.07) is 4.82. The highest BCUT2D eigenvalue weighted by atomic mass is 35.5. The van der Waals surface area contributed by atoms with Crippen molar-refractivity contribution in [3.05, 3.63) is 46.8 Å². The lowest BCUT2D eigenvalue weighted by Crippen LogP contribution is -2.21. The van der Waals surface area contributed by atoms with Gasteiger partial charge in [-0.2, -0.15) is 4.98 Å². The van der Waals surface area contributed by atoms with Crippen molar-refractivity contribution in [3.63, 3.8) is 0 Å². The van der Waals surface area contributed by atoms with Gasteiger partial charge in [-0.05, 0) is 24.6 Å². The fourth-order valence-electron chi connectivity index (χ4n) is 1.60. The van der Waals surface area contributed by atoms with Crippen LogP contribution in [0.2, 0.25) is 5.02 Å². The van der Waals surface area contributed by atoms with E-state index >= 15 is 0 Å². The number of nitrogens with one attached hydrogen (secondary N) is 1. The average molecular weight is 270 g/mol. The predicted octanol–water partition coefficient (Wildman–Crippen LogP) is 2.76. The van der Waals surface area contributed by atoms with E-state index in [9.17, 15) is 4.39 Å². The molecule has 96 valence electrons. The molecule has 0 bridgehead atoms. The highest BCUT2D eigenvalue weighted by Crippen LogP contribution is 2.19. The van der Waals surface area contributed by atoms with Crippen LogP contribution in [-0.2, 0) is 6.42 Å². The van der Waals surface area contributed by atoms with Crippen LogP contribution in [0.25, 0.3) is 0 Å². The number of aromatic nitrogens is 2. The molecular weight excluding hydrogens is 257 g/mol. The highest BCUT2D eigenvalue weighted by molar-refractivity contribution is 6.30. The van der Waals surface area contributed by atoms with E-state index in [1.165, 1.54) is 12.4 Å². The fraction of sp³-hybridized carbons (Fsp3) is 0.333. The molecule has 1 atom stereocenters. The largest absolute Gasteiger partial charge is 0.340 e. The monoisotopic (exact) mass is 269 g/mol. The first-order valence-electron chi connectivity index (χ1n) is 5.60. The smallest absolute Gasteiger partial charge is 0.227 e. The summed E-state index contributed by atoms with van der Waals surface area (Å²) < 4.78 is 18.2. The summed E-state index contributed by atoms with van der Waals surface area (Å²) in [5, 5.41) is 6.90. The van der Waals surface area contributed by atoms with Gasteiger partial charge in [0.2, 0.25) is 5.89 Å². The van der Waals surface area contributed by atoms with E-state index in [4.69, 9.17) is 16.1 Å². The highest BCUT2D eigenvalue weighted by Gasteiger charge is 2.08. The molecule has 6 heteroatoms. The van der Waals surface area contributed by atoms with Crippen molar-refractivity contribution in [1.29, 1.82) is 0 Å². The second-order valence-electron chi connectivity index (χ2n) is 3.93. The van der Waals surface area contributed by atoms with E-state index in [1.54, 1.807) is 12.1 Å². The summed E-state index contributed by atoms with van der Waals surface area (Å²) in [6.07, 6.45) is 2.01. The third-order valence-corrected chi connectivity index (χ3v) is 2.95. The number of hydrogen-bond acceptors (Lipinski definition) is 4. The van der Waals surface area contributed by atoms with E-state index < -0.39 is 5.82 Å². The molecule has 4 nitrogen and oxygen atoms in total. The van der Waals surface area contributed by atoms with Crippen LogP contribution in [0.15, 0.2) is 29.0 Å². The van der Waals surface area contributed by atoms with Crippen LogP contribution in [0.1, 0.15) is 24.4 Å². The zero-order valence-corrected chi connectivity index (χ0v) is 10.6. The Labute approximate surface area is 109 Å². The SMILES string of the molecule is CC(NCCc1ncno1)c1ccc(Cl)c(F)c1.